The Labute approximate surface area is 111 Å². The molecule has 1 aromatic rings. The molecule has 0 spiro atoms. The van der Waals surface area contributed by atoms with E-state index in [1.54, 1.807) is 0 Å². The van der Waals surface area contributed by atoms with E-state index in [9.17, 15) is 4.79 Å². The second-order valence-corrected chi connectivity index (χ2v) is 5.26. The van der Waals surface area contributed by atoms with Gasteiger partial charge in [-0.05, 0) is 24.8 Å². The smallest absolute Gasteiger partial charge is 0.226 e. The lowest BCUT2D eigenvalue weighted by Gasteiger charge is -2.19. The summed E-state index contributed by atoms with van der Waals surface area (Å²) in [6, 6.07) is 10.4. The SMILES string of the molecule is CCN(CCBr)C(=O)C1CC1c1ccccc1. The van der Waals surface area contributed by atoms with E-state index in [-0.39, 0.29) is 5.92 Å². The molecule has 2 nitrogen and oxygen atoms in total. The number of rotatable bonds is 5. The van der Waals surface area contributed by atoms with Gasteiger partial charge < -0.3 is 4.90 Å². The van der Waals surface area contributed by atoms with Crippen LogP contribution in [-0.4, -0.2) is 29.2 Å². The van der Waals surface area contributed by atoms with E-state index in [1.807, 2.05) is 30.0 Å². The van der Waals surface area contributed by atoms with Gasteiger partial charge in [-0.3, -0.25) is 4.79 Å². The molecule has 17 heavy (non-hydrogen) atoms. The number of halogens is 1. The predicted octanol–water partition coefficient (Wildman–Crippen LogP) is 3.03. The number of amides is 1. The minimum Gasteiger partial charge on any atom is -0.342 e. The fraction of sp³-hybridized carbons (Fsp3) is 0.500. The molecule has 92 valence electrons. The summed E-state index contributed by atoms with van der Waals surface area (Å²) < 4.78 is 0. The van der Waals surface area contributed by atoms with E-state index in [2.05, 4.69) is 28.1 Å². The van der Waals surface area contributed by atoms with Crippen LogP contribution in [0.4, 0.5) is 0 Å². The van der Waals surface area contributed by atoms with Gasteiger partial charge in [0.25, 0.3) is 0 Å². The van der Waals surface area contributed by atoms with E-state index in [4.69, 9.17) is 0 Å². The van der Waals surface area contributed by atoms with Gasteiger partial charge >= 0.3 is 0 Å². The van der Waals surface area contributed by atoms with Gasteiger partial charge in [-0.15, -0.1) is 0 Å². The quantitative estimate of drug-likeness (QED) is 0.765. The third kappa shape index (κ3) is 2.89. The molecule has 1 aliphatic rings. The molecule has 0 bridgehead atoms. The number of alkyl halides is 1. The van der Waals surface area contributed by atoms with Crippen molar-refractivity contribution >= 4 is 21.8 Å². The molecule has 2 atom stereocenters. The minimum atomic E-state index is 0.219. The molecule has 2 rings (SSSR count). The first-order valence-corrected chi connectivity index (χ1v) is 7.29. The highest BCUT2D eigenvalue weighted by Gasteiger charge is 2.45. The molecule has 0 heterocycles. The molecule has 2 unspecified atom stereocenters. The van der Waals surface area contributed by atoms with Crippen LogP contribution in [0.5, 0.6) is 0 Å². The second-order valence-electron chi connectivity index (χ2n) is 4.47. The molecule has 0 N–H and O–H groups in total. The van der Waals surface area contributed by atoms with Crippen molar-refractivity contribution in [3.05, 3.63) is 35.9 Å². The lowest BCUT2D eigenvalue weighted by molar-refractivity contribution is -0.132. The van der Waals surface area contributed by atoms with Crippen LogP contribution >= 0.6 is 15.9 Å². The van der Waals surface area contributed by atoms with Crippen molar-refractivity contribution in [3.8, 4) is 0 Å². The van der Waals surface area contributed by atoms with Gasteiger partial charge in [0.05, 0.1) is 0 Å². The lowest BCUT2D eigenvalue weighted by atomic mass is 10.1. The lowest BCUT2D eigenvalue weighted by Crippen LogP contribution is -2.33. The Morgan fingerprint density at radius 3 is 2.71 bits per heavy atom. The van der Waals surface area contributed by atoms with Crippen molar-refractivity contribution in [1.82, 2.24) is 4.90 Å². The highest BCUT2D eigenvalue weighted by atomic mass is 79.9. The Hall–Kier alpha value is -0.830. The Bertz CT molecular complexity index is 379. The van der Waals surface area contributed by atoms with Crippen molar-refractivity contribution in [2.45, 2.75) is 19.3 Å². The van der Waals surface area contributed by atoms with Crippen molar-refractivity contribution in [1.29, 1.82) is 0 Å². The second kappa shape index (κ2) is 5.67. The normalized spacial score (nSPS) is 22.2. The molecular formula is C14H18BrNO. The van der Waals surface area contributed by atoms with Crippen molar-refractivity contribution in [3.63, 3.8) is 0 Å². The van der Waals surface area contributed by atoms with Gasteiger partial charge in [0.1, 0.15) is 0 Å². The highest BCUT2D eigenvalue weighted by molar-refractivity contribution is 9.09. The van der Waals surface area contributed by atoms with Crippen LogP contribution in [0.2, 0.25) is 0 Å². The fourth-order valence-electron chi connectivity index (χ4n) is 2.30. The van der Waals surface area contributed by atoms with Crippen LogP contribution in [0.15, 0.2) is 30.3 Å². The van der Waals surface area contributed by atoms with Crippen molar-refractivity contribution in [2.75, 3.05) is 18.4 Å². The zero-order valence-corrected chi connectivity index (χ0v) is 11.7. The molecule has 0 aliphatic heterocycles. The van der Waals surface area contributed by atoms with E-state index < -0.39 is 0 Å². The number of hydrogen-bond donors (Lipinski definition) is 0. The van der Waals surface area contributed by atoms with Gasteiger partial charge in [-0.1, -0.05) is 46.3 Å². The number of nitrogens with zero attached hydrogens (tertiary/aromatic N) is 1. The van der Waals surface area contributed by atoms with E-state index in [1.165, 1.54) is 5.56 Å². The summed E-state index contributed by atoms with van der Waals surface area (Å²) in [6.07, 6.45) is 1.02. The van der Waals surface area contributed by atoms with E-state index >= 15 is 0 Å². The standard InChI is InChI=1S/C14H18BrNO/c1-2-16(9-8-15)14(17)13-10-12(13)11-6-4-3-5-7-11/h3-7,12-13H,2,8-10H2,1H3. The Kier molecular flexibility index (Phi) is 4.21. The number of benzene rings is 1. The average Bonchev–Trinajstić information content (AvgIpc) is 3.16. The fourth-order valence-corrected chi connectivity index (χ4v) is 2.73. The molecule has 1 amide bonds. The van der Waals surface area contributed by atoms with Gasteiger partial charge in [-0.2, -0.15) is 0 Å². The monoisotopic (exact) mass is 295 g/mol. The summed E-state index contributed by atoms with van der Waals surface area (Å²) in [5, 5.41) is 0.856. The maximum atomic E-state index is 12.2. The number of hydrogen-bond acceptors (Lipinski definition) is 1. The molecule has 0 saturated heterocycles. The zero-order chi connectivity index (χ0) is 12.3. The third-order valence-corrected chi connectivity index (χ3v) is 3.74. The molecular weight excluding hydrogens is 278 g/mol. The first kappa shape index (κ1) is 12.6. The van der Waals surface area contributed by atoms with Crippen LogP contribution in [0, 0.1) is 5.92 Å². The van der Waals surface area contributed by atoms with Crippen LogP contribution in [0.3, 0.4) is 0 Å². The Morgan fingerprint density at radius 1 is 1.41 bits per heavy atom. The van der Waals surface area contributed by atoms with E-state index in [0.29, 0.717) is 11.8 Å². The first-order chi connectivity index (χ1) is 8.27. The largest absolute Gasteiger partial charge is 0.342 e. The predicted molar refractivity (Wildman–Crippen MR) is 73.3 cm³/mol. The Morgan fingerprint density at radius 2 is 2.12 bits per heavy atom. The molecule has 1 saturated carbocycles. The minimum absolute atomic E-state index is 0.219. The summed E-state index contributed by atoms with van der Waals surface area (Å²) in [4.78, 5) is 14.2. The van der Waals surface area contributed by atoms with Gasteiger partial charge in [0, 0.05) is 24.3 Å². The summed E-state index contributed by atoms with van der Waals surface area (Å²) >= 11 is 3.39. The topological polar surface area (TPSA) is 20.3 Å². The van der Waals surface area contributed by atoms with Crippen molar-refractivity contribution in [2.24, 2.45) is 5.92 Å². The number of carbonyl (C=O) groups is 1. The summed E-state index contributed by atoms with van der Waals surface area (Å²) in [7, 11) is 0. The van der Waals surface area contributed by atoms with Crippen LogP contribution in [-0.2, 0) is 4.79 Å². The Balaban J connectivity index is 1.96. The van der Waals surface area contributed by atoms with Crippen LogP contribution in [0.25, 0.3) is 0 Å². The van der Waals surface area contributed by atoms with Crippen LogP contribution in [0.1, 0.15) is 24.8 Å². The highest BCUT2D eigenvalue weighted by Crippen LogP contribution is 2.48. The van der Waals surface area contributed by atoms with Gasteiger partial charge in [0.15, 0.2) is 0 Å². The summed E-state index contributed by atoms with van der Waals surface area (Å²) in [5.41, 5.74) is 1.31. The molecule has 1 aliphatic carbocycles. The molecule has 0 aromatic heterocycles. The average molecular weight is 296 g/mol. The summed E-state index contributed by atoms with van der Waals surface area (Å²) in [5.74, 6) is 0.991. The number of carbonyl (C=O) groups excluding carboxylic acids is 1. The molecule has 3 heteroatoms. The van der Waals surface area contributed by atoms with Crippen LogP contribution < -0.4 is 0 Å². The van der Waals surface area contributed by atoms with E-state index in [0.717, 1.165) is 24.8 Å². The molecule has 1 fully saturated rings. The first-order valence-electron chi connectivity index (χ1n) is 6.17. The zero-order valence-electron chi connectivity index (χ0n) is 10.1. The maximum absolute atomic E-state index is 12.2. The maximum Gasteiger partial charge on any atom is 0.226 e. The molecule has 0 radical (unpaired) electrons. The van der Waals surface area contributed by atoms with Gasteiger partial charge in [0.2, 0.25) is 5.91 Å². The van der Waals surface area contributed by atoms with Crippen molar-refractivity contribution < 1.29 is 4.79 Å². The van der Waals surface area contributed by atoms with Gasteiger partial charge in [-0.25, -0.2) is 0 Å². The molecule has 1 aromatic carbocycles. The summed E-state index contributed by atoms with van der Waals surface area (Å²) in [6.45, 7) is 3.66. The third-order valence-electron chi connectivity index (χ3n) is 3.38.